The molecule has 3 heterocycles. The highest BCUT2D eigenvalue weighted by Crippen LogP contribution is 2.34. The number of nitrogens with zero attached hydrogens (tertiary/aromatic N) is 3. The fourth-order valence-electron chi connectivity index (χ4n) is 2.75. The van der Waals surface area contributed by atoms with Crippen molar-refractivity contribution in [2.24, 2.45) is 0 Å². The van der Waals surface area contributed by atoms with E-state index in [1.807, 2.05) is 41.0 Å². The summed E-state index contributed by atoms with van der Waals surface area (Å²) in [6, 6.07) is 9.40. The molecule has 0 N–H and O–H groups in total. The van der Waals surface area contributed by atoms with E-state index in [2.05, 4.69) is 23.9 Å². The summed E-state index contributed by atoms with van der Waals surface area (Å²) in [5.74, 6) is 1.49. The maximum atomic E-state index is 6.22. The van der Waals surface area contributed by atoms with Crippen LogP contribution < -0.4 is 4.74 Å². The number of ether oxygens (including phenoxy) is 1. The summed E-state index contributed by atoms with van der Waals surface area (Å²) in [5.41, 5.74) is 4.04. The van der Waals surface area contributed by atoms with E-state index in [0.717, 1.165) is 33.5 Å². The molecule has 0 radical (unpaired) electrons. The van der Waals surface area contributed by atoms with E-state index in [1.165, 1.54) is 5.56 Å². The van der Waals surface area contributed by atoms with Crippen LogP contribution in [0.4, 0.5) is 0 Å². The van der Waals surface area contributed by atoms with Gasteiger partial charge in [0.15, 0.2) is 5.75 Å². The van der Waals surface area contributed by atoms with E-state index in [0.29, 0.717) is 5.02 Å². The highest BCUT2D eigenvalue weighted by atomic mass is 35.5. The van der Waals surface area contributed by atoms with Crippen molar-refractivity contribution in [1.82, 2.24) is 14.6 Å². The maximum absolute atomic E-state index is 6.22. The predicted octanol–water partition coefficient (Wildman–Crippen LogP) is 4.95. The molecule has 0 bridgehead atoms. The SMILES string of the molecule is Cc1cn2nccc(Oc3ccnc4c(Cl)cccc34)c2c1C. The second-order valence-corrected chi connectivity index (χ2v) is 5.88. The fraction of sp³-hybridized carbons (Fsp3) is 0.111. The summed E-state index contributed by atoms with van der Waals surface area (Å²) in [6.07, 6.45) is 5.44. The molecule has 0 atom stereocenters. The van der Waals surface area contributed by atoms with Crippen molar-refractivity contribution in [3.63, 3.8) is 0 Å². The molecular weight excluding hydrogens is 310 g/mol. The lowest BCUT2D eigenvalue weighted by Crippen LogP contribution is -1.94. The quantitative estimate of drug-likeness (QED) is 0.524. The van der Waals surface area contributed by atoms with E-state index < -0.39 is 0 Å². The van der Waals surface area contributed by atoms with Crippen molar-refractivity contribution < 1.29 is 4.74 Å². The number of hydrogen-bond acceptors (Lipinski definition) is 3. The van der Waals surface area contributed by atoms with Crippen LogP contribution in [0.1, 0.15) is 11.1 Å². The first-order chi connectivity index (χ1) is 11.1. The molecule has 0 aliphatic carbocycles. The van der Waals surface area contributed by atoms with E-state index in [9.17, 15) is 0 Å². The van der Waals surface area contributed by atoms with Crippen LogP contribution in [0, 0.1) is 13.8 Å². The number of rotatable bonds is 2. The van der Waals surface area contributed by atoms with Crippen LogP contribution >= 0.6 is 11.6 Å². The van der Waals surface area contributed by atoms with Crippen LogP contribution in [0.3, 0.4) is 0 Å². The molecule has 0 saturated carbocycles. The molecule has 3 aromatic heterocycles. The number of fused-ring (bicyclic) bond motifs is 2. The third-order valence-electron chi connectivity index (χ3n) is 4.04. The zero-order valence-electron chi connectivity index (χ0n) is 12.7. The van der Waals surface area contributed by atoms with Gasteiger partial charge in [-0.05, 0) is 43.2 Å². The number of para-hydroxylation sites is 1. The lowest BCUT2D eigenvalue weighted by molar-refractivity contribution is 0.489. The monoisotopic (exact) mass is 323 g/mol. The molecule has 5 heteroatoms. The first kappa shape index (κ1) is 14.0. The molecule has 4 rings (SSSR count). The molecule has 0 aliphatic heterocycles. The van der Waals surface area contributed by atoms with Crippen molar-refractivity contribution in [3.8, 4) is 11.5 Å². The van der Waals surface area contributed by atoms with Gasteiger partial charge in [-0.25, -0.2) is 4.52 Å². The molecule has 0 fully saturated rings. The van der Waals surface area contributed by atoms with Gasteiger partial charge in [-0.15, -0.1) is 0 Å². The van der Waals surface area contributed by atoms with Crippen molar-refractivity contribution in [3.05, 3.63) is 65.1 Å². The van der Waals surface area contributed by atoms with Gasteiger partial charge in [0.25, 0.3) is 0 Å². The summed E-state index contributed by atoms with van der Waals surface area (Å²) >= 11 is 6.22. The van der Waals surface area contributed by atoms with Gasteiger partial charge in [0.2, 0.25) is 0 Å². The Labute approximate surface area is 138 Å². The molecule has 114 valence electrons. The van der Waals surface area contributed by atoms with E-state index in [1.54, 1.807) is 12.4 Å². The molecule has 0 amide bonds. The van der Waals surface area contributed by atoms with Crippen molar-refractivity contribution in [2.45, 2.75) is 13.8 Å². The van der Waals surface area contributed by atoms with Crippen LogP contribution in [0.25, 0.3) is 16.4 Å². The van der Waals surface area contributed by atoms with Gasteiger partial charge >= 0.3 is 0 Å². The largest absolute Gasteiger partial charge is 0.454 e. The number of aryl methyl sites for hydroxylation is 2. The molecule has 0 unspecified atom stereocenters. The minimum Gasteiger partial charge on any atom is -0.454 e. The van der Waals surface area contributed by atoms with Crippen molar-refractivity contribution in [2.75, 3.05) is 0 Å². The number of hydrogen-bond donors (Lipinski definition) is 0. The molecule has 0 aliphatic rings. The first-order valence-corrected chi connectivity index (χ1v) is 7.67. The molecule has 23 heavy (non-hydrogen) atoms. The standard InChI is InChI=1S/C18H14ClN3O/c1-11-10-22-18(12(11)2)16(7-9-21-22)23-15-6-8-20-17-13(15)4-3-5-14(17)19/h3-10H,1-2H3. The Hall–Kier alpha value is -2.59. The van der Waals surface area contributed by atoms with E-state index >= 15 is 0 Å². The van der Waals surface area contributed by atoms with Gasteiger partial charge in [-0.2, -0.15) is 5.10 Å². The topological polar surface area (TPSA) is 39.4 Å². The van der Waals surface area contributed by atoms with Gasteiger partial charge in [0.05, 0.1) is 16.7 Å². The number of pyridine rings is 1. The summed E-state index contributed by atoms with van der Waals surface area (Å²) in [5, 5.41) is 5.84. The van der Waals surface area contributed by atoms with Gasteiger partial charge in [-0.1, -0.05) is 17.7 Å². The summed E-state index contributed by atoms with van der Waals surface area (Å²) < 4.78 is 8.04. The van der Waals surface area contributed by atoms with Crippen LogP contribution in [0.15, 0.2) is 48.9 Å². The molecule has 4 nitrogen and oxygen atoms in total. The zero-order chi connectivity index (χ0) is 16.0. The van der Waals surface area contributed by atoms with Crippen molar-refractivity contribution >= 4 is 28.0 Å². The Morgan fingerprint density at radius 3 is 2.74 bits per heavy atom. The van der Waals surface area contributed by atoms with Gasteiger partial charge in [-0.3, -0.25) is 4.98 Å². The lowest BCUT2D eigenvalue weighted by atomic mass is 10.2. The second-order valence-electron chi connectivity index (χ2n) is 5.47. The Kier molecular flexibility index (Phi) is 3.20. The van der Waals surface area contributed by atoms with Gasteiger partial charge in [0, 0.05) is 23.8 Å². The lowest BCUT2D eigenvalue weighted by Gasteiger charge is -2.11. The van der Waals surface area contributed by atoms with Gasteiger partial charge in [0.1, 0.15) is 11.3 Å². The summed E-state index contributed by atoms with van der Waals surface area (Å²) in [7, 11) is 0. The maximum Gasteiger partial charge on any atom is 0.154 e. The molecule has 1 aromatic carbocycles. The number of benzene rings is 1. The average Bonchev–Trinajstić information content (AvgIpc) is 2.84. The zero-order valence-corrected chi connectivity index (χ0v) is 13.5. The smallest absolute Gasteiger partial charge is 0.154 e. The van der Waals surface area contributed by atoms with Crippen LogP contribution in [0.5, 0.6) is 11.5 Å². The average molecular weight is 324 g/mol. The van der Waals surface area contributed by atoms with Gasteiger partial charge < -0.3 is 4.74 Å². The second kappa shape index (κ2) is 5.25. The molecule has 0 spiro atoms. The van der Waals surface area contributed by atoms with E-state index in [-0.39, 0.29) is 0 Å². The van der Waals surface area contributed by atoms with Crippen LogP contribution in [0.2, 0.25) is 5.02 Å². The summed E-state index contributed by atoms with van der Waals surface area (Å²) in [6.45, 7) is 4.14. The Bertz CT molecular complexity index is 1040. The fourth-order valence-corrected chi connectivity index (χ4v) is 2.97. The normalized spacial score (nSPS) is 11.3. The minimum atomic E-state index is 0.613. The van der Waals surface area contributed by atoms with Crippen LogP contribution in [-0.4, -0.2) is 14.6 Å². The minimum absolute atomic E-state index is 0.613. The Morgan fingerprint density at radius 1 is 1.04 bits per heavy atom. The third-order valence-corrected chi connectivity index (χ3v) is 4.35. The third kappa shape index (κ3) is 2.23. The number of halogens is 1. The summed E-state index contributed by atoms with van der Waals surface area (Å²) in [4.78, 5) is 4.34. The molecule has 4 aromatic rings. The van der Waals surface area contributed by atoms with E-state index in [4.69, 9.17) is 16.3 Å². The highest BCUT2D eigenvalue weighted by Gasteiger charge is 2.13. The van der Waals surface area contributed by atoms with Crippen LogP contribution in [-0.2, 0) is 0 Å². The Balaban J connectivity index is 1.91. The number of aromatic nitrogens is 3. The highest BCUT2D eigenvalue weighted by molar-refractivity contribution is 6.35. The first-order valence-electron chi connectivity index (χ1n) is 7.30. The van der Waals surface area contributed by atoms with Crippen molar-refractivity contribution in [1.29, 1.82) is 0 Å². The Morgan fingerprint density at radius 2 is 1.87 bits per heavy atom. The molecule has 0 saturated heterocycles. The molecular formula is C18H14ClN3O. The predicted molar refractivity (Wildman–Crippen MR) is 91.5 cm³/mol.